The van der Waals surface area contributed by atoms with Crippen LogP contribution in [-0.4, -0.2) is 36.3 Å². The lowest BCUT2D eigenvalue weighted by Crippen LogP contribution is -2.42. The third kappa shape index (κ3) is 4.95. The van der Waals surface area contributed by atoms with Gasteiger partial charge in [-0.3, -0.25) is 14.5 Å². The van der Waals surface area contributed by atoms with E-state index in [2.05, 4.69) is 5.32 Å². The number of hydrogen-bond donors (Lipinski definition) is 2. The van der Waals surface area contributed by atoms with Gasteiger partial charge >= 0.3 is 6.18 Å². The second-order valence-electron chi connectivity index (χ2n) is 5.58. The van der Waals surface area contributed by atoms with Crippen molar-refractivity contribution in [2.45, 2.75) is 19.0 Å². The molecule has 3 N–H and O–H groups in total. The summed E-state index contributed by atoms with van der Waals surface area (Å²) in [5.41, 5.74) is 4.80. The maximum Gasteiger partial charge on any atom is 0.416 e. The van der Waals surface area contributed by atoms with Crippen LogP contribution in [0.3, 0.4) is 0 Å². The number of carbonyl (C=O) groups is 2. The van der Waals surface area contributed by atoms with Gasteiger partial charge in [-0.25, -0.2) is 0 Å². The molecule has 0 aliphatic carbocycles. The standard InChI is InChI=1S/C15H18F3N3O2/c16-15(17,18)11-1-3-12(4-2-11)20-13(22)9-21-7-5-10(6-8-21)14(19)23/h1-4,10H,5-9H2,(H2,19,23)(H,20,22). The topological polar surface area (TPSA) is 75.4 Å². The molecule has 1 aliphatic rings. The second-order valence-corrected chi connectivity index (χ2v) is 5.58. The lowest BCUT2D eigenvalue weighted by Gasteiger charge is -2.29. The summed E-state index contributed by atoms with van der Waals surface area (Å²) in [5, 5.41) is 2.56. The molecule has 1 fully saturated rings. The predicted molar refractivity (Wildman–Crippen MR) is 78.4 cm³/mol. The monoisotopic (exact) mass is 329 g/mol. The Hall–Kier alpha value is -2.09. The minimum absolute atomic E-state index is 0.131. The fourth-order valence-electron chi connectivity index (χ4n) is 2.52. The Morgan fingerprint density at radius 3 is 2.22 bits per heavy atom. The van der Waals surface area contributed by atoms with E-state index in [0.717, 1.165) is 12.1 Å². The highest BCUT2D eigenvalue weighted by Gasteiger charge is 2.30. The van der Waals surface area contributed by atoms with Gasteiger partial charge in [0.05, 0.1) is 12.1 Å². The highest BCUT2D eigenvalue weighted by molar-refractivity contribution is 5.92. The van der Waals surface area contributed by atoms with Gasteiger partial charge in [0.15, 0.2) is 0 Å². The Bertz CT molecular complexity index is 564. The Balaban J connectivity index is 1.82. The molecule has 0 spiro atoms. The average molecular weight is 329 g/mol. The predicted octanol–water partition coefficient (Wildman–Crippen LogP) is 1.84. The van der Waals surface area contributed by atoms with Crippen LogP contribution in [0.2, 0.25) is 0 Å². The number of likely N-dealkylation sites (tertiary alicyclic amines) is 1. The van der Waals surface area contributed by atoms with Crippen molar-refractivity contribution < 1.29 is 22.8 Å². The van der Waals surface area contributed by atoms with Gasteiger partial charge in [-0.2, -0.15) is 13.2 Å². The number of rotatable bonds is 4. The first kappa shape index (κ1) is 17.3. The molecular weight excluding hydrogens is 311 g/mol. The van der Waals surface area contributed by atoms with Crippen molar-refractivity contribution in [2.24, 2.45) is 11.7 Å². The SMILES string of the molecule is NC(=O)C1CCN(CC(=O)Nc2ccc(C(F)(F)F)cc2)CC1. The van der Waals surface area contributed by atoms with E-state index in [4.69, 9.17) is 5.73 Å². The van der Waals surface area contributed by atoms with Crippen LogP contribution in [0.5, 0.6) is 0 Å². The molecule has 1 aromatic rings. The number of hydrogen-bond acceptors (Lipinski definition) is 3. The molecule has 0 aromatic heterocycles. The van der Waals surface area contributed by atoms with Crippen LogP contribution in [0.25, 0.3) is 0 Å². The highest BCUT2D eigenvalue weighted by atomic mass is 19.4. The van der Waals surface area contributed by atoms with E-state index in [1.807, 2.05) is 4.90 Å². The summed E-state index contributed by atoms with van der Waals surface area (Å²) < 4.78 is 37.4. The van der Waals surface area contributed by atoms with E-state index in [9.17, 15) is 22.8 Å². The number of anilines is 1. The summed E-state index contributed by atoms with van der Waals surface area (Å²) in [5.74, 6) is -0.773. The van der Waals surface area contributed by atoms with Crippen molar-refractivity contribution in [3.05, 3.63) is 29.8 Å². The first-order valence-corrected chi connectivity index (χ1v) is 7.24. The Kier molecular flexibility index (Phi) is 5.25. The number of primary amides is 1. The summed E-state index contributed by atoms with van der Waals surface area (Å²) in [7, 11) is 0. The minimum Gasteiger partial charge on any atom is -0.369 e. The van der Waals surface area contributed by atoms with Crippen molar-refractivity contribution in [1.29, 1.82) is 0 Å². The van der Waals surface area contributed by atoms with Crippen LogP contribution >= 0.6 is 0 Å². The van der Waals surface area contributed by atoms with E-state index in [0.29, 0.717) is 31.6 Å². The Morgan fingerprint density at radius 1 is 1.17 bits per heavy atom. The minimum atomic E-state index is -4.40. The molecule has 126 valence electrons. The molecule has 23 heavy (non-hydrogen) atoms. The molecule has 8 heteroatoms. The van der Waals surface area contributed by atoms with Gasteiger partial charge in [0.1, 0.15) is 0 Å². The third-order valence-corrected chi connectivity index (χ3v) is 3.85. The zero-order chi connectivity index (χ0) is 17.0. The van der Waals surface area contributed by atoms with Gasteiger partial charge in [-0.1, -0.05) is 0 Å². The van der Waals surface area contributed by atoms with Crippen LogP contribution in [0.15, 0.2) is 24.3 Å². The molecule has 5 nitrogen and oxygen atoms in total. The summed E-state index contributed by atoms with van der Waals surface area (Å²) in [6.45, 7) is 1.31. The summed E-state index contributed by atoms with van der Waals surface area (Å²) >= 11 is 0. The molecule has 1 saturated heterocycles. The quantitative estimate of drug-likeness (QED) is 0.885. The van der Waals surface area contributed by atoms with Crippen LogP contribution in [0.1, 0.15) is 18.4 Å². The van der Waals surface area contributed by atoms with Crippen molar-refractivity contribution in [3.8, 4) is 0 Å². The molecule has 1 aliphatic heterocycles. The fourth-order valence-corrected chi connectivity index (χ4v) is 2.52. The van der Waals surface area contributed by atoms with Gasteiger partial charge in [0.25, 0.3) is 0 Å². The normalized spacial score (nSPS) is 17.0. The number of alkyl halides is 3. The number of benzene rings is 1. The number of halogens is 3. The lowest BCUT2D eigenvalue weighted by atomic mass is 9.96. The first-order valence-electron chi connectivity index (χ1n) is 7.24. The summed E-state index contributed by atoms with van der Waals surface area (Å²) in [6, 6.07) is 4.29. The van der Waals surface area contributed by atoms with Gasteiger partial charge in [-0.05, 0) is 50.2 Å². The number of nitrogens with one attached hydrogen (secondary N) is 1. The Labute approximate surface area is 131 Å². The van der Waals surface area contributed by atoms with Gasteiger partial charge in [0.2, 0.25) is 11.8 Å². The molecule has 1 heterocycles. The largest absolute Gasteiger partial charge is 0.416 e. The molecule has 0 radical (unpaired) electrons. The van der Waals surface area contributed by atoms with Gasteiger partial charge in [-0.15, -0.1) is 0 Å². The van der Waals surface area contributed by atoms with Crippen molar-refractivity contribution in [2.75, 3.05) is 25.0 Å². The highest BCUT2D eigenvalue weighted by Crippen LogP contribution is 2.29. The van der Waals surface area contributed by atoms with Crippen LogP contribution in [-0.2, 0) is 15.8 Å². The van der Waals surface area contributed by atoms with Crippen LogP contribution in [0.4, 0.5) is 18.9 Å². The number of amides is 2. The first-order chi connectivity index (χ1) is 10.8. The van der Waals surface area contributed by atoms with E-state index < -0.39 is 11.7 Å². The number of carbonyl (C=O) groups excluding carboxylic acids is 2. The van der Waals surface area contributed by atoms with Crippen molar-refractivity contribution in [3.63, 3.8) is 0 Å². The Morgan fingerprint density at radius 2 is 1.74 bits per heavy atom. The summed E-state index contributed by atoms with van der Waals surface area (Å²) in [4.78, 5) is 24.9. The molecule has 0 saturated carbocycles. The molecule has 0 atom stereocenters. The number of piperidine rings is 1. The van der Waals surface area contributed by atoms with Crippen molar-refractivity contribution in [1.82, 2.24) is 4.90 Å². The maximum absolute atomic E-state index is 12.5. The molecule has 0 bridgehead atoms. The molecular formula is C15H18F3N3O2. The van der Waals surface area contributed by atoms with E-state index >= 15 is 0 Å². The lowest BCUT2D eigenvalue weighted by molar-refractivity contribution is -0.137. The molecule has 0 unspecified atom stereocenters. The number of nitrogens with two attached hydrogens (primary N) is 1. The zero-order valence-electron chi connectivity index (χ0n) is 12.4. The fraction of sp³-hybridized carbons (Fsp3) is 0.467. The van der Waals surface area contributed by atoms with Crippen LogP contribution in [0, 0.1) is 5.92 Å². The zero-order valence-corrected chi connectivity index (χ0v) is 12.4. The molecule has 1 aromatic carbocycles. The molecule has 2 amide bonds. The van der Waals surface area contributed by atoms with Crippen LogP contribution < -0.4 is 11.1 Å². The van der Waals surface area contributed by atoms with Gasteiger partial charge < -0.3 is 11.1 Å². The van der Waals surface area contributed by atoms with E-state index in [1.54, 1.807) is 0 Å². The van der Waals surface area contributed by atoms with Crippen molar-refractivity contribution >= 4 is 17.5 Å². The maximum atomic E-state index is 12.5. The smallest absolute Gasteiger partial charge is 0.369 e. The average Bonchev–Trinajstić information content (AvgIpc) is 2.47. The van der Waals surface area contributed by atoms with E-state index in [-0.39, 0.29) is 24.3 Å². The summed E-state index contributed by atoms with van der Waals surface area (Å²) in [6.07, 6.45) is -3.17. The molecule has 2 rings (SSSR count). The number of nitrogens with zero attached hydrogens (tertiary/aromatic N) is 1. The van der Waals surface area contributed by atoms with E-state index in [1.165, 1.54) is 12.1 Å². The second kappa shape index (κ2) is 6.99. The third-order valence-electron chi connectivity index (χ3n) is 3.85. The van der Waals surface area contributed by atoms with Gasteiger partial charge in [0, 0.05) is 11.6 Å².